The number of aromatic nitrogens is 1. The van der Waals surface area contributed by atoms with Gasteiger partial charge in [0.05, 0.1) is 5.92 Å². The predicted molar refractivity (Wildman–Crippen MR) is 121 cm³/mol. The Morgan fingerprint density at radius 3 is 2.38 bits per heavy atom. The van der Waals surface area contributed by atoms with Crippen LogP contribution in [0.3, 0.4) is 0 Å². The van der Waals surface area contributed by atoms with Crippen LogP contribution in [-0.2, 0) is 9.59 Å². The first kappa shape index (κ1) is 20.2. The molecule has 0 spiro atoms. The molecule has 32 heavy (non-hydrogen) atoms. The van der Waals surface area contributed by atoms with Gasteiger partial charge in [0.1, 0.15) is 11.1 Å². The van der Waals surface area contributed by atoms with Crippen molar-refractivity contribution < 1.29 is 19.1 Å². The Kier molecular flexibility index (Phi) is 5.13. The molecule has 2 aliphatic carbocycles. The number of aliphatic carboxylic acids is 1. The average molecular weight is 428 g/mol. The summed E-state index contributed by atoms with van der Waals surface area (Å²) >= 11 is 0. The van der Waals surface area contributed by atoms with E-state index in [9.17, 15) is 14.7 Å². The number of para-hydroxylation sites is 2. The molecule has 2 N–H and O–H groups in total. The molecule has 0 aliphatic heterocycles. The number of nitrogens with one attached hydrogen (secondary N) is 1. The zero-order chi connectivity index (χ0) is 22.1. The van der Waals surface area contributed by atoms with E-state index in [1.54, 1.807) is 0 Å². The van der Waals surface area contributed by atoms with Crippen LogP contribution in [0.5, 0.6) is 0 Å². The Hall–Kier alpha value is -3.67. The summed E-state index contributed by atoms with van der Waals surface area (Å²) < 4.78 is 5.84. The second-order valence-corrected chi connectivity index (χ2v) is 8.48. The van der Waals surface area contributed by atoms with Gasteiger partial charge >= 0.3 is 5.97 Å². The number of oxazole rings is 1. The van der Waals surface area contributed by atoms with Crippen LogP contribution in [-0.4, -0.2) is 27.4 Å². The van der Waals surface area contributed by atoms with E-state index in [-0.39, 0.29) is 17.7 Å². The van der Waals surface area contributed by atoms with Gasteiger partial charge in [-0.25, -0.2) is 0 Å². The number of allylic oxidation sites excluding steroid dienone is 2. The highest BCUT2D eigenvalue weighted by Gasteiger charge is 2.47. The van der Waals surface area contributed by atoms with Gasteiger partial charge in [-0.3, -0.25) is 9.59 Å². The fraction of sp³-hybridized carbons (Fsp3) is 0.269. The molecule has 1 fully saturated rings. The maximum atomic E-state index is 13.8. The van der Waals surface area contributed by atoms with E-state index in [1.807, 2.05) is 78.9 Å². The number of hydrogen-bond donors (Lipinski definition) is 2. The van der Waals surface area contributed by atoms with Gasteiger partial charge in [-0.05, 0) is 30.5 Å². The van der Waals surface area contributed by atoms with Crippen molar-refractivity contribution >= 4 is 28.9 Å². The molecule has 2 aliphatic rings. The topological polar surface area (TPSA) is 92.4 Å². The first-order chi connectivity index (χ1) is 15.6. The summed E-state index contributed by atoms with van der Waals surface area (Å²) in [4.78, 5) is 30.1. The fourth-order valence-electron chi connectivity index (χ4n) is 4.82. The molecule has 1 heterocycles. The Labute approximate surface area is 185 Å². The molecule has 0 radical (unpaired) electrons. The van der Waals surface area contributed by atoms with Gasteiger partial charge in [-0.2, -0.15) is 4.98 Å². The molecule has 2 atom stereocenters. The maximum Gasteiger partial charge on any atom is 0.307 e. The van der Waals surface area contributed by atoms with Gasteiger partial charge in [0.25, 0.3) is 6.01 Å². The van der Waals surface area contributed by atoms with Crippen molar-refractivity contribution in [2.45, 2.75) is 30.7 Å². The van der Waals surface area contributed by atoms with Crippen molar-refractivity contribution in [2.24, 2.45) is 11.8 Å². The minimum absolute atomic E-state index is 0.0291. The number of fused-ring (bicyclic) bond motifs is 1. The molecule has 1 saturated carbocycles. The lowest BCUT2D eigenvalue weighted by molar-refractivity contribution is -0.146. The van der Waals surface area contributed by atoms with Crippen molar-refractivity contribution in [3.63, 3.8) is 0 Å². The highest BCUT2D eigenvalue weighted by atomic mass is 16.4. The van der Waals surface area contributed by atoms with Gasteiger partial charge in [-0.15, -0.1) is 0 Å². The normalized spacial score (nSPS) is 26.9. The summed E-state index contributed by atoms with van der Waals surface area (Å²) in [5.74, 6) is -2.28. The number of benzene rings is 2. The van der Waals surface area contributed by atoms with Crippen LogP contribution in [0.15, 0.2) is 83.3 Å². The molecule has 2 aromatic carbocycles. The summed E-state index contributed by atoms with van der Waals surface area (Å²) in [6.07, 6.45) is 9.44. The average Bonchev–Trinajstić information content (AvgIpc) is 3.46. The van der Waals surface area contributed by atoms with Gasteiger partial charge in [0, 0.05) is 11.8 Å². The predicted octanol–water partition coefficient (Wildman–Crippen LogP) is 4.96. The monoisotopic (exact) mass is 428 g/mol. The number of hydrogen-bond acceptors (Lipinski definition) is 5. The summed E-state index contributed by atoms with van der Waals surface area (Å²) in [7, 11) is 0. The highest BCUT2D eigenvalue weighted by Crippen LogP contribution is 2.39. The lowest BCUT2D eigenvalue weighted by Gasteiger charge is -2.33. The number of anilines is 1. The van der Waals surface area contributed by atoms with Gasteiger partial charge in [-0.1, -0.05) is 73.2 Å². The number of ketones is 1. The number of Topliss-reactive ketones (excluding diaryl/α,β-unsaturated/α-hetero) is 1. The molecule has 6 heteroatoms. The Morgan fingerprint density at radius 1 is 0.969 bits per heavy atom. The van der Waals surface area contributed by atoms with Crippen molar-refractivity contribution in [1.29, 1.82) is 0 Å². The number of carbonyl (C=O) groups excluding carboxylic acids is 1. The lowest BCUT2D eigenvalue weighted by atomic mass is 9.76. The zero-order valence-electron chi connectivity index (χ0n) is 17.5. The summed E-state index contributed by atoms with van der Waals surface area (Å²) in [5.41, 5.74) is 1.21. The van der Waals surface area contributed by atoms with Crippen molar-refractivity contribution in [3.8, 4) is 0 Å². The molecule has 0 amide bonds. The quantitative estimate of drug-likeness (QED) is 0.539. The van der Waals surface area contributed by atoms with Crippen LogP contribution < -0.4 is 5.32 Å². The molecular weight excluding hydrogens is 404 g/mol. The molecule has 3 aromatic rings. The Balaban J connectivity index is 1.51. The van der Waals surface area contributed by atoms with E-state index in [4.69, 9.17) is 4.42 Å². The number of nitrogens with zero attached hydrogens (tertiary/aromatic N) is 1. The van der Waals surface area contributed by atoms with Crippen molar-refractivity contribution in [2.75, 3.05) is 5.32 Å². The third-order valence-corrected chi connectivity index (χ3v) is 6.50. The largest absolute Gasteiger partial charge is 0.481 e. The Bertz CT molecular complexity index is 1160. The van der Waals surface area contributed by atoms with E-state index < -0.39 is 23.3 Å². The van der Waals surface area contributed by atoms with Crippen LogP contribution in [0.2, 0.25) is 0 Å². The number of carbonyl (C=O) groups is 2. The second-order valence-electron chi connectivity index (χ2n) is 8.48. The lowest BCUT2D eigenvalue weighted by Crippen LogP contribution is -2.48. The molecular formula is C26H24N2O4. The van der Waals surface area contributed by atoms with Crippen LogP contribution in [0.1, 0.15) is 30.7 Å². The SMILES string of the molecule is O=C(O)C1CCCC1C(=O)C1(Nc2nc3ccccc3o2)C=CC(c2ccccc2)C=C1. The molecule has 0 saturated heterocycles. The molecule has 162 valence electrons. The molecule has 1 aromatic heterocycles. The molecule has 6 nitrogen and oxygen atoms in total. The third kappa shape index (κ3) is 3.62. The van der Waals surface area contributed by atoms with Crippen LogP contribution in [0, 0.1) is 11.8 Å². The Morgan fingerprint density at radius 2 is 1.66 bits per heavy atom. The number of carboxylic acids is 1. The van der Waals surface area contributed by atoms with E-state index in [2.05, 4.69) is 10.3 Å². The van der Waals surface area contributed by atoms with E-state index in [0.717, 1.165) is 12.0 Å². The van der Waals surface area contributed by atoms with Crippen LogP contribution in [0.25, 0.3) is 11.1 Å². The van der Waals surface area contributed by atoms with Crippen LogP contribution >= 0.6 is 0 Å². The molecule has 0 bridgehead atoms. The van der Waals surface area contributed by atoms with Crippen LogP contribution in [0.4, 0.5) is 6.01 Å². The summed E-state index contributed by atoms with van der Waals surface area (Å²) in [6, 6.07) is 17.6. The minimum Gasteiger partial charge on any atom is -0.481 e. The minimum atomic E-state index is -1.21. The first-order valence-corrected chi connectivity index (χ1v) is 10.9. The molecule has 5 rings (SSSR count). The van der Waals surface area contributed by atoms with Gasteiger partial charge < -0.3 is 14.8 Å². The van der Waals surface area contributed by atoms with E-state index in [0.29, 0.717) is 23.9 Å². The summed E-state index contributed by atoms with van der Waals surface area (Å²) in [5, 5.41) is 12.8. The highest BCUT2D eigenvalue weighted by molar-refractivity contribution is 6.00. The fourth-order valence-corrected chi connectivity index (χ4v) is 4.82. The number of rotatable bonds is 6. The zero-order valence-corrected chi connectivity index (χ0v) is 17.5. The second kappa shape index (κ2) is 8.11. The van der Waals surface area contributed by atoms with E-state index >= 15 is 0 Å². The van der Waals surface area contributed by atoms with Gasteiger partial charge in [0.15, 0.2) is 11.4 Å². The standard InChI is InChI=1S/C26H24N2O4/c29-23(19-9-6-10-20(19)24(30)31)26(28-25-27-21-11-4-5-12-22(21)32-25)15-13-18(14-16-26)17-7-2-1-3-8-17/h1-5,7-8,11-16,18-20H,6,9-10H2,(H,27,28)(H,30,31). The summed E-state index contributed by atoms with van der Waals surface area (Å²) in [6.45, 7) is 0. The third-order valence-electron chi connectivity index (χ3n) is 6.50. The molecule has 2 unspecified atom stereocenters. The smallest absolute Gasteiger partial charge is 0.307 e. The first-order valence-electron chi connectivity index (χ1n) is 10.9. The van der Waals surface area contributed by atoms with E-state index in [1.165, 1.54) is 0 Å². The van der Waals surface area contributed by atoms with Gasteiger partial charge in [0.2, 0.25) is 0 Å². The van der Waals surface area contributed by atoms with Crippen molar-refractivity contribution in [3.05, 3.63) is 84.5 Å². The number of carboxylic acid groups (broad SMARTS) is 1. The van der Waals surface area contributed by atoms with Crippen molar-refractivity contribution in [1.82, 2.24) is 4.98 Å². The maximum absolute atomic E-state index is 13.8.